The number of hydrogen-bond donors (Lipinski definition) is 2. The van der Waals surface area contributed by atoms with Gasteiger partial charge in [0.1, 0.15) is 17.7 Å². The summed E-state index contributed by atoms with van der Waals surface area (Å²) in [6.45, 7) is 17.8. The van der Waals surface area contributed by atoms with Crippen LogP contribution in [0.15, 0.2) is 24.3 Å². The van der Waals surface area contributed by atoms with Gasteiger partial charge in [-0.25, -0.2) is 4.79 Å². The summed E-state index contributed by atoms with van der Waals surface area (Å²) < 4.78 is 5.53. The summed E-state index contributed by atoms with van der Waals surface area (Å²) >= 11 is 0. The molecule has 3 unspecified atom stereocenters. The van der Waals surface area contributed by atoms with Crippen molar-refractivity contribution in [1.29, 1.82) is 0 Å². The first-order valence-corrected chi connectivity index (χ1v) is 15.4. The van der Waals surface area contributed by atoms with Crippen LogP contribution in [0.1, 0.15) is 124 Å². The molecule has 0 bridgehead atoms. The van der Waals surface area contributed by atoms with E-state index in [1.54, 1.807) is 25.7 Å². The van der Waals surface area contributed by atoms with Gasteiger partial charge in [-0.15, -0.1) is 0 Å². The van der Waals surface area contributed by atoms with Gasteiger partial charge in [0.15, 0.2) is 0 Å². The fourth-order valence-corrected chi connectivity index (χ4v) is 5.44. The molecule has 0 spiro atoms. The van der Waals surface area contributed by atoms with Gasteiger partial charge in [0.25, 0.3) is 0 Å². The summed E-state index contributed by atoms with van der Waals surface area (Å²) in [5, 5.41) is 6.16. The number of carbonyl (C=O) groups is 3. The first-order valence-electron chi connectivity index (χ1n) is 15.4. The lowest BCUT2D eigenvalue weighted by molar-refractivity contribution is -0.146. The minimum absolute atomic E-state index is 0.114. The Hall–Kier alpha value is -2.57. The van der Waals surface area contributed by atoms with E-state index in [1.807, 2.05) is 52.0 Å². The number of alkyl carbamates (subject to hydrolysis) is 1. The van der Waals surface area contributed by atoms with E-state index >= 15 is 0 Å². The highest BCUT2D eigenvalue weighted by molar-refractivity contribution is 5.92. The van der Waals surface area contributed by atoms with Gasteiger partial charge in [0.2, 0.25) is 11.8 Å². The number of nitrogens with zero attached hydrogens (tertiary/aromatic N) is 1. The summed E-state index contributed by atoms with van der Waals surface area (Å²) in [6.07, 6.45) is 6.80. The molecule has 2 N–H and O–H groups in total. The molecule has 0 heterocycles. The molecular formula is C33H55N3O4. The summed E-state index contributed by atoms with van der Waals surface area (Å²) in [7, 11) is 0. The zero-order valence-electron chi connectivity index (χ0n) is 26.5. The average Bonchev–Trinajstić information content (AvgIpc) is 2.84. The summed E-state index contributed by atoms with van der Waals surface area (Å²) in [5.74, 6) is 0.202. The van der Waals surface area contributed by atoms with E-state index < -0.39 is 23.8 Å². The number of benzene rings is 1. The molecule has 3 amide bonds. The molecule has 2 rings (SSSR count). The third-order valence-electron chi connectivity index (χ3n) is 7.42. The molecule has 40 heavy (non-hydrogen) atoms. The van der Waals surface area contributed by atoms with Crippen molar-refractivity contribution in [3.63, 3.8) is 0 Å². The highest BCUT2D eigenvalue weighted by atomic mass is 16.6. The minimum atomic E-state index is -0.814. The topological polar surface area (TPSA) is 87.7 Å². The molecule has 1 aromatic carbocycles. The fraction of sp³-hybridized carbons (Fsp3) is 0.727. The van der Waals surface area contributed by atoms with Crippen LogP contribution in [0, 0.1) is 18.8 Å². The fourth-order valence-electron chi connectivity index (χ4n) is 5.44. The smallest absolute Gasteiger partial charge is 0.408 e. The largest absolute Gasteiger partial charge is 0.444 e. The van der Waals surface area contributed by atoms with Crippen molar-refractivity contribution in [3.8, 4) is 0 Å². The maximum absolute atomic E-state index is 14.5. The Morgan fingerprint density at radius 1 is 0.975 bits per heavy atom. The van der Waals surface area contributed by atoms with Crippen LogP contribution in [0.5, 0.6) is 0 Å². The Labute approximate surface area is 243 Å². The summed E-state index contributed by atoms with van der Waals surface area (Å²) in [5.41, 5.74) is 1.13. The van der Waals surface area contributed by atoms with E-state index in [-0.39, 0.29) is 29.8 Å². The number of amides is 3. The van der Waals surface area contributed by atoms with E-state index in [2.05, 4.69) is 24.5 Å². The molecule has 226 valence electrons. The number of rotatable bonds is 12. The Bertz CT molecular complexity index is 963. The van der Waals surface area contributed by atoms with Gasteiger partial charge in [-0.3, -0.25) is 9.59 Å². The van der Waals surface area contributed by atoms with Crippen LogP contribution in [0.25, 0.3) is 0 Å². The molecule has 1 aliphatic rings. The van der Waals surface area contributed by atoms with E-state index in [9.17, 15) is 14.4 Å². The average molecular weight is 558 g/mol. The molecular weight excluding hydrogens is 502 g/mol. The molecule has 0 aromatic heterocycles. The molecule has 1 saturated carbocycles. The molecule has 1 aromatic rings. The van der Waals surface area contributed by atoms with Crippen LogP contribution >= 0.6 is 0 Å². The summed E-state index contributed by atoms with van der Waals surface area (Å²) in [4.78, 5) is 43.3. The van der Waals surface area contributed by atoms with Crippen LogP contribution in [0.4, 0.5) is 4.79 Å². The second-order valence-corrected chi connectivity index (χ2v) is 13.6. The zero-order valence-corrected chi connectivity index (χ0v) is 26.5. The lowest BCUT2D eigenvalue weighted by atomic mass is 9.93. The Morgan fingerprint density at radius 3 is 2.17 bits per heavy atom. The SMILES string of the molecule is Cc1cccc(C(C(=O)NC2CCCCC2)N(C(=O)C(CC(C)C)NC(=O)OC(C)(C)C)C(C)CCC(C)C)c1. The summed E-state index contributed by atoms with van der Waals surface area (Å²) in [6, 6.07) is 6.16. The van der Waals surface area contributed by atoms with E-state index in [4.69, 9.17) is 4.74 Å². The van der Waals surface area contributed by atoms with Gasteiger partial charge in [-0.2, -0.15) is 0 Å². The Morgan fingerprint density at radius 2 is 1.62 bits per heavy atom. The first-order chi connectivity index (χ1) is 18.7. The second-order valence-electron chi connectivity index (χ2n) is 13.6. The van der Waals surface area contributed by atoms with Gasteiger partial charge >= 0.3 is 6.09 Å². The van der Waals surface area contributed by atoms with Crippen molar-refractivity contribution in [2.75, 3.05) is 0 Å². The highest BCUT2D eigenvalue weighted by Crippen LogP contribution is 2.30. The van der Waals surface area contributed by atoms with Crippen molar-refractivity contribution in [2.45, 2.75) is 143 Å². The van der Waals surface area contributed by atoms with Crippen molar-refractivity contribution in [2.24, 2.45) is 11.8 Å². The molecule has 1 aliphatic carbocycles. The van der Waals surface area contributed by atoms with Gasteiger partial charge in [0.05, 0.1) is 0 Å². The van der Waals surface area contributed by atoms with E-state index in [0.717, 1.165) is 49.7 Å². The van der Waals surface area contributed by atoms with Gasteiger partial charge in [0, 0.05) is 12.1 Å². The normalized spacial score (nSPS) is 16.8. The maximum Gasteiger partial charge on any atom is 0.408 e. The quantitative estimate of drug-likeness (QED) is 0.287. The number of aryl methyl sites for hydroxylation is 1. The van der Waals surface area contributed by atoms with Crippen LogP contribution in [-0.4, -0.2) is 46.5 Å². The Kier molecular flexibility index (Phi) is 13.0. The van der Waals surface area contributed by atoms with E-state index in [1.165, 1.54) is 6.42 Å². The zero-order chi connectivity index (χ0) is 30.0. The van der Waals surface area contributed by atoms with E-state index in [0.29, 0.717) is 12.3 Å². The van der Waals surface area contributed by atoms with Gasteiger partial charge < -0.3 is 20.3 Å². The van der Waals surface area contributed by atoms with Crippen LogP contribution in [0.3, 0.4) is 0 Å². The molecule has 1 fully saturated rings. The van der Waals surface area contributed by atoms with Crippen LogP contribution in [0.2, 0.25) is 0 Å². The predicted octanol–water partition coefficient (Wildman–Crippen LogP) is 7.08. The second kappa shape index (κ2) is 15.4. The maximum atomic E-state index is 14.5. The molecule has 0 saturated heterocycles. The number of ether oxygens (including phenoxy) is 1. The van der Waals surface area contributed by atoms with Crippen LogP contribution in [-0.2, 0) is 14.3 Å². The molecule has 7 heteroatoms. The standard InChI is InChI=1S/C33H55N3O4/c1-22(2)18-19-25(6)36(31(38)28(20-23(3)4)35-32(39)40-33(7,8)9)29(26-15-13-14-24(5)21-26)30(37)34-27-16-11-10-12-17-27/h13-15,21-23,25,27-29H,10-12,16-20H2,1-9H3,(H,34,37)(H,35,39). The highest BCUT2D eigenvalue weighted by Gasteiger charge is 2.39. The van der Waals surface area contributed by atoms with Gasteiger partial charge in [-0.05, 0) is 84.1 Å². The number of hydrogen-bond acceptors (Lipinski definition) is 4. The molecule has 0 aliphatic heterocycles. The third-order valence-corrected chi connectivity index (χ3v) is 7.42. The number of carbonyl (C=O) groups excluding carboxylic acids is 3. The predicted molar refractivity (Wildman–Crippen MR) is 162 cm³/mol. The first kappa shape index (κ1) is 33.6. The lowest BCUT2D eigenvalue weighted by Crippen LogP contribution is -2.56. The van der Waals surface area contributed by atoms with Crippen molar-refractivity contribution in [3.05, 3.63) is 35.4 Å². The van der Waals surface area contributed by atoms with Gasteiger partial charge in [-0.1, -0.05) is 76.8 Å². The van der Waals surface area contributed by atoms with Crippen molar-refractivity contribution in [1.82, 2.24) is 15.5 Å². The molecule has 7 nitrogen and oxygen atoms in total. The minimum Gasteiger partial charge on any atom is -0.444 e. The Balaban J connectivity index is 2.55. The lowest BCUT2D eigenvalue weighted by Gasteiger charge is -2.40. The van der Waals surface area contributed by atoms with Crippen molar-refractivity contribution >= 4 is 17.9 Å². The molecule has 0 radical (unpaired) electrons. The molecule has 3 atom stereocenters. The third kappa shape index (κ3) is 11.1. The van der Waals surface area contributed by atoms with Crippen molar-refractivity contribution < 1.29 is 19.1 Å². The van der Waals surface area contributed by atoms with Crippen LogP contribution < -0.4 is 10.6 Å². The number of nitrogens with one attached hydrogen (secondary N) is 2. The monoisotopic (exact) mass is 557 g/mol.